The summed E-state index contributed by atoms with van der Waals surface area (Å²) in [7, 11) is 0. The lowest BCUT2D eigenvalue weighted by Gasteiger charge is -2.22. The third-order valence-electron chi connectivity index (χ3n) is 1.98. The number of nitrogens with one attached hydrogen (secondary N) is 1. The fraction of sp³-hybridized carbons (Fsp3) is 0.111. The number of anilines is 1. The van der Waals surface area contributed by atoms with Gasteiger partial charge >= 0.3 is 11.9 Å². The first-order valence-electron chi connectivity index (χ1n) is 4.11. The molecule has 0 spiro atoms. The number of esters is 1. The first kappa shape index (κ1) is 9.47. The van der Waals surface area contributed by atoms with Crippen molar-refractivity contribution in [1.29, 1.82) is 0 Å². The number of carbonyl (C=O) groups is 2. The molecule has 0 aromatic heterocycles. The van der Waals surface area contributed by atoms with Gasteiger partial charge in [-0.1, -0.05) is 0 Å². The first-order valence-corrected chi connectivity index (χ1v) is 4.11. The minimum absolute atomic E-state index is 0.0307. The number of aliphatic hydroxyl groups is 1. The summed E-state index contributed by atoms with van der Waals surface area (Å²) >= 11 is 0. The highest BCUT2D eigenvalue weighted by atomic mass is 16.7. The molecule has 0 saturated heterocycles. The van der Waals surface area contributed by atoms with Crippen molar-refractivity contribution >= 4 is 17.6 Å². The Labute approximate surface area is 84.1 Å². The Hall–Kier alpha value is -2.08. The number of carbonyl (C=O) groups excluding carboxylic acids is 1. The molecule has 1 unspecified atom stereocenters. The number of fused-ring (bicyclic) bond motifs is 1. The molecular formula is C9H7NO5. The molecule has 0 fully saturated rings. The number of benzene rings is 1. The molecule has 0 bridgehead atoms. The van der Waals surface area contributed by atoms with Crippen molar-refractivity contribution in [3.8, 4) is 0 Å². The molecule has 0 aliphatic carbocycles. The molecular weight excluding hydrogens is 202 g/mol. The monoisotopic (exact) mass is 209 g/mol. The molecule has 6 nitrogen and oxygen atoms in total. The maximum Gasteiger partial charge on any atom is 0.343 e. The maximum atomic E-state index is 11.2. The number of aromatic carboxylic acids is 1. The highest BCUT2D eigenvalue weighted by molar-refractivity contribution is 5.99. The standard InChI is InChI=1S/C9H7NO5/c11-7(12)4-1-2-5-6(3-4)10-9(14)15-8(5)13/h1-3,9-10,14H,(H,11,12). The number of aliphatic hydroxyl groups excluding tert-OH is 1. The number of cyclic esters (lactones) is 1. The topological polar surface area (TPSA) is 95.9 Å². The van der Waals surface area contributed by atoms with Crippen LogP contribution in [-0.4, -0.2) is 28.6 Å². The highest BCUT2D eigenvalue weighted by Crippen LogP contribution is 2.23. The molecule has 1 aromatic carbocycles. The average Bonchev–Trinajstić information content (AvgIpc) is 2.16. The molecule has 1 aliphatic heterocycles. The Morgan fingerprint density at radius 3 is 2.87 bits per heavy atom. The van der Waals surface area contributed by atoms with E-state index in [0.717, 1.165) is 0 Å². The molecule has 0 radical (unpaired) electrons. The molecule has 3 N–H and O–H groups in total. The van der Waals surface area contributed by atoms with Gasteiger partial charge in [0, 0.05) is 0 Å². The summed E-state index contributed by atoms with van der Waals surface area (Å²) in [5.41, 5.74) is 0.479. The molecule has 1 atom stereocenters. The van der Waals surface area contributed by atoms with Crippen molar-refractivity contribution in [2.45, 2.75) is 6.41 Å². The summed E-state index contributed by atoms with van der Waals surface area (Å²) in [6.45, 7) is 0. The van der Waals surface area contributed by atoms with Gasteiger partial charge in [0.15, 0.2) is 0 Å². The second-order valence-electron chi connectivity index (χ2n) is 2.97. The lowest BCUT2D eigenvalue weighted by Crippen LogP contribution is -2.31. The fourth-order valence-electron chi connectivity index (χ4n) is 1.30. The van der Waals surface area contributed by atoms with Gasteiger partial charge in [-0.05, 0) is 18.2 Å². The van der Waals surface area contributed by atoms with Crippen LogP contribution in [0.2, 0.25) is 0 Å². The van der Waals surface area contributed by atoms with Gasteiger partial charge in [-0.25, -0.2) is 9.59 Å². The van der Waals surface area contributed by atoms with Crippen LogP contribution in [0.1, 0.15) is 20.7 Å². The summed E-state index contributed by atoms with van der Waals surface area (Å²) in [6, 6.07) is 3.89. The van der Waals surface area contributed by atoms with Crippen molar-refractivity contribution in [2.75, 3.05) is 5.32 Å². The summed E-state index contributed by atoms with van der Waals surface area (Å²) in [5, 5.41) is 20.2. The molecule has 1 aliphatic rings. The van der Waals surface area contributed by atoms with Gasteiger partial charge in [0.05, 0.1) is 16.8 Å². The summed E-state index contributed by atoms with van der Waals surface area (Å²) in [5.74, 6) is -1.79. The summed E-state index contributed by atoms with van der Waals surface area (Å²) in [6.07, 6.45) is -1.44. The Morgan fingerprint density at radius 2 is 2.20 bits per heavy atom. The number of rotatable bonds is 1. The van der Waals surface area contributed by atoms with E-state index in [-0.39, 0.29) is 16.8 Å². The second kappa shape index (κ2) is 3.25. The quantitative estimate of drug-likeness (QED) is 0.573. The number of ether oxygens (including phenoxy) is 1. The van der Waals surface area contributed by atoms with Crippen molar-refractivity contribution in [3.05, 3.63) is 29.3 Å². The Kier molecular flexibility index (Phi) is 2.05. The van der Waals surface area contributed by atoms with Gasteiger partial charge in [-0.15, -0.1) is 0 Å². The number of carboxylic acids is 1. The van der Waals surface area contributed by atoms with E-state index in [9.17, 15) is 9.59 Å². The molecule has 1 aromatic rings. The SMILES string of the molecule is O=C(O)c1ccc2c(c1)NC(O)OC2=O. The predicted molar refractivity (Wildman–Crippen MR) is 48.4 cm³/mol. The normalized spacial score (nSPS) is 18.7. The average molecular weight is 209 g/mol. The van der Waals surface area contributed by atoms with E-state index in [1.807, 2.05) is 0 Å². The van der Waals surface area contributed by atoms with Gasteiger partial charge in [-0.3, -0.25) is 0 Å². The van der Waals surface area contributed by atoms with Crippen molar-refractivity contribution in [2.24, 2.45) is 0 Å². The van der Waals surface area contributed by atoms with E-state index in [0.29, 0.717) is 0 Å². The van der Waals surface area contributed by atoms with Crippen LogP contribution in [0.25, 0.3) is 0 Å². The van der Waals surface area contributed by atoms with Crippen molar-refractivity contribution < 1.29 is 24.5 Å². The lowest BCUT2D eigenvalue weighted by atomic mass is 10.1. The fourth-order valence-corrected chi connectivity index (χ4v) is 1.30. The van der Waals surface area contributed by atoms with Crippen molar-refractivity contribution in [3.63, 3.8) is 0 Å². The van der Waals surface area contributed by atoms with Gasteiger partial charge in [0.25, 0.3) is 6.41 Å². The van der Waals surface area contributed by atoms with Crippen molar-refractivity contribution in [1.82, 2.24) is 0 Å². The minimum atomic E-state index is -1.44. The van der Waals surface area contributed by atoms with Gasteiger partial charge < -0.3 is 20.3 Å². The molecule has 6 heteroatoms. The maximum absolute atomic E-state index is 11.2. The zero-order chi connectivity index (χ0) is 11.0. The van der Waals surface area contributed by atoms with Gasteiger partial charge in [0.2, 0.25) is 0 Å². The number of hydrogen-bond acceptors (Lipinski definition) is 5. The molecule has 0 saturated carbocycles. The number of carboxylic acid groups (broad SMARTS) is 1. The molecule has 2 rings (SSSR count). The number of hydrogen-bond donors (Lipinski definition) is 3. The van der Waals surface area contributed by atoms with Gasteiger partial charge in [-0.2, -0.15) is 0 Å². The van der Waals surface area contributed by atoms with Gasteiger partial charge in [0.1, 0.15) is 0 Å². The van der Waals surface area contributed by atoms with Crippen LogP contribution in [0.15, 0.2) is 18.2 Å². The predicted octanol–water partition coefficient (Wildman–Crippen LogP) is 0.243. The molecule has 0 amide bonds. The van der Waals surface area contributed by atoms with E-state index in [4.69, 9.17) is 10.2 Å². The Morgan fingerprint density at radius 1 is 1.47 bits per heavy atom. The molecule has 15 heavy (non-hydrogen) atoms. The van der Waals surface area contributed by atoms with E-state index >= 15 is 0 Å². The van der Waals surface area contributed by atoms with Crippen LogP contribution in [0.4, 0.5) is 5.69 Å². The zero-order valence-electron chi connectivity index (χ0n) is 7.43. The van der Waals surface area contributed by atoms with Crippen LogP contribution in [-0.2, 0) is 4.74 Å². The second-order valence-corrected chi connectivity index (χ2v) is 2.97. The third kappa shape index (κ3) is 1.62. The molecule has 78 valence electrons. The van der Waals surface area contributed by atoms with Crippen LogP contribution in [0.5, 0.6) is 0 Å². The first-order chi connectivity index (χ1) is 7.08. The van der Waals surface area contributed by atoms with E-state index in [2.05, 4.69) is 10.1 Å². The molecule has 1 heterocycles. The highest BCUT2D eigenvalue weighted by Gasteiger charge is 2.24. The van der Waals surface area contributed by atoms with Crippen LogP contribution in [0, 0.1) is 0 Å². The van der Waals surface area contributed by atoms with E-state index in [1.165, 1.54) is 18.2 Å². The Bertz CT molecular complexity index is 442. The smallest absolute Gasteiger partial charge is 0.343 e. The van der Waals surface area contributed by atoms with Crippen LogP contribution >= 0.6 is 0 Å². The van der Waals surface area contributed by atoms with E-state index in [1.54, 1.807) is 0 Å². The third-order valence-corrected chi connectivity index (χ3v) is 1.98. The summed E-state index contributed by atoms with van der Waals surface area (Å²) < 4.78 is 4.47. The van der Waals surface area contributed by atoms with Crippen LogP contribution < -0.4 is 5.32 Å². The van der Waals surface area contributed by atoms with Crippen LogP contribution in [0.3, 0.4) is 0 Å². The zero-order valence-corrected chi connectivity index (χ0v) is 7.43. The summed E-state index contributed by atoms with van der Waals surface area (Å²) in [4.78, 5) is 21.9. The van der Waals surface area contributed by atoms with E-state index < -0.39 is 18.4 Å². The minimum Gasteiger partial charge on any atom is -0.478 e. The Balaban J connectivity index is 2.48. The lowest BCUT2D eigenvalue weighted by molar-refractivity contribution is -0.0502. The largest absolute Gasteiger partial charge is 0.478 e.